The fourth-order valence-electron chi connectivity index (χ4n) is 9.20. The molecule has 8 N–H and O–H groups in total. The van der Waals surface area contributed by atoms with E-state index in [1.165, 1.54) is 48.5 Å². The van der Waals surface area contributed by atoms with Gasteiger partial charge >= 0.3 is 23.9 Å². The second-order valence-corrected chi connectivity index (χ2v) is 18.9. The number of carbonyl (C=O) groups is 4. The van der Waals surface area contributed by atoms with Crippen molar-refractivity contribution in [1.29, 1.82) is 0 Å². The van der Waals surface area contributed by atoms with Gasteiger partial charge in [-0.1, -0.05) is 117 Å². The van der Waals surface area contributed by atoms with Gasteiger partial charge in [-0.05, 0) is 48.5 Å². The summed E-state index contributed by atoms with van der Waals surface area (Å²) >= 11 is 54.6. The van der Waals surface area contributed by atoms with Crippen molar-refractivity contribution in [1.82, 2.24) is 19.9 Å². The Labute approximate surface area is 424 Å². The second-order valence-electron chi connectivity index (χ2n) is 15.6. The molecule has 5 heterocycles. The number of H-pyrrole nitrogens is 4. The Bertz CT molecular complexity index is 2960. The number of carboxylic acids is 4. The SMILES string of the molecule is O=C(O)c1c2[nH]c(c1-c1c(Cl)cccc1Cl)Cc1[nH]c(c(-c3c(Cl)cccc3Cl)c1C(=O)O)Cc1[nH]c(c(-c3c(Cl)cccc3Cl)c1C(=O)O)Cc1[nH]c(c(-c3c(Cl)cccc3Cl)c1C(=O)O)C2. The van der Waals surface area contributed by atoms with Gasteiger partial charge in [0.2, 0.25) is 0 Å². The molecule has 0 amide bonds. The van der Waals surface area contributed by atoms with E-state index in [0.717, 1.165) is 0 Å². The summed E-state index contributed by atoms with van der Waals surface area (Å²) in [5.74, 6) is -5.76. The fraction of sp³-hybridized carbons (Fsp3) is 0.0833. The Morgan fingerprint density at radius 3 is 0.603 bits per heavy atom. The van der Waals surface area contributed by atoms with Gasteiger partial charge in [-0.3, -0.25) is 0 Å². The van der Waals surface area contributed by atoms with Gasteiger partial charge in [-0.25, -0.2) is 19.2 Å². The van der Waals surface area contributed by atoms with Gasteiger partial charge in [-0.15, -0.1) is 0 Å². The van der Waals surface area contributed by atoms with Crippen LogP contribution in [0.5, 0.6) is 0 Å². The zero-order valence-corrected chi connectivity index (χ0v) is 40.2. The van der Waals surface area contributed by atoms with Gasteiger partial charge in [0.05, 0.1) is 22.3 Å². The monoisotopic (exact) mass is 1070 g/mol. The highest BCUT2D eigenvalue weighted by atomic mass is 35.5. The molecule has 8 aromatic rings. The number of hydrogen-bond donors (Lipinski definition) is 8. The van der Waals surface area contributed by atoms with E-state index in [0.29, 0.717) is 0 Å². The summed E-state index contributed by atoms with van der Waals surface area (Å²) in [4.78, 5) is 67.8. The quantitative estimate of drug-likeness (QED) is 0.0731. The number of halogens is 8. The summed E-state index contributed by atoms with van der Waals surface area (Å²) in [5, 5.41) is 45.1. The lowest BCUT2D eigenvalue weighted by Gasteiger charge is -2.12. The smallest absolute Gasteiger partial charge is 0.338 e. The molecule has 0 saturated heterocycles. The number of rotatable bonds is 8. The van der Waals surface area contributed by atoms with Gasteiger partial charge < -0.3 is 40.4 Å². The molecule has 0 unspecified atom stereocenters. The summed E-state index contributed by atoms with van der Waals surface area (Å²) < 4.78 is 0. The highest BCUT2D eigenvalue weighted by molar-refractivity contribution is 6.42. The minimum Gasteiger partial charge on any atom is -0.478 e. The molecule has 1 aliphatic rings. The minimum atomic E-state index is -1.44. The van der Waals surface area contributed by atoms with E-state index < -0.39 is 23.9 Å². The van der Waals surface area contributed by atoms with Gasteiger partial charge in [0.15, 0.2) is 0 Å². The molecular formula is C48H28Cl8N4O8. The molecule has 4 aromatic carbocycles. The fourth-order valence-corrected chi connectivity index (χ4v) is 11.5. The van der Waals surface area contributed by atoms with Crippen LogP contribution in [0.4, 0.5) is 0 Å². The van der Waals surface area contributed by atoms with E-state index in [-0.39, 0.29) is 178 Å². The van der Waals surface area contributed by atoms with E-state index in [9.17, 15) is 39.6 Å². The zero-order chi connectivity index (χ0) is 48.6. The second kappa shape index (κ2) is 18.3. The molecule has 0 spiro atoms. The van der Waals surface area contributed by atoms with E-state index in [4.69, 9.17) is 92.8 Å². The lowest BCUT2D eigenvalue weighted by Crippen LogP contribution is -2.05. The Morgan fingerprint density at radius 1 is 0.294 bits per heavy atom. The van der Waals surface area contributed by atoms with Crippen molar-refractivity contribution in [2.45, 2.75) is 25.7 Å². The van der Waals surface area contributed by atoms with Crippen LogP contribution in [0.25, 0.3) is 44.5 Å². The van der Waals surface area contributed by atoms with Crippen molar-refractivity contribution in [3.8, 4) is 44.5 Å². The first-order valence-corrected chi connectivity index (χ1v) is 23.1. The van der Waals surface area contributed by atoms with Crippen molar-refractivity contribution < 1.29 is 39.6 Å². The van der Waals surface area contributed by atoms with Crippen LogP contribution >= 0.6 is 92.8 Å². The number of aromatic carboxylic acids is 4. The van der Waals surface area contributed by atoms with Crippen molar-refractivity contribution in [3.63, 3.8) is 0 Å². The lowest BCUT2D eigenvalue weighted by atomic mass is 9.92. The maximum Gasteiger partial charge on any atom is 0.338 e. The summed E-state index contributed by atoms with van der Waals surface area (Å²) in [6.07, 6.45) is -1.46. The number of nitrogens with one attached hydrogen (secondary N) is 4. The Morgan fingerprint density at radius 2 is 0.456 bits per heavy atom. The van der Waals surface area contributed by atoms with E-state index >= 15 is 0 Å². The zero-order valence-electron chi connectivity index (χ0n) is 34.2. The Kier molecular flexibility index (Phi) is 12.7. The topological polar surface area (TPSA) is 212 Å². The van der Waals surface area contributed by atoms with Crippen LogP contribution in [0.1, 0.15) is 87.0 Å². The van der Waals surface area contributed by atoms with E-state index in [1.807, 2.05) is 0 Å². The molecule has 0 aliphatic carbocycles. The summed E-state index contributed by atoms with van der Waals surface area (Å²) in [6.45, 7) is 0. The summed E-state index contributed by atoms with van der Waals surface area (Å²) in [7, 11) is 0. The Hall–Kier alpha value is -5.80. The van der Waals surface area contributed by atoms with Gasteiger partial charge in [0, 0.05) is 156 Å². The first-order chi connectivity index (χ1) is 32.4. The average Bonchev–Trinajstić information content (AvgIpc) is 3.99. The third-order valence-corrected chi connectivity index (χ3v) is 14.3. The molecule has 68 heavy (non-hydrogen) atoms. The van der Waals surface area contributed by atoms with Gasteiger partial charge in [0.1, 0.15) is 0 Å². The van der Waals surface area contributed by atoms with Crippen molar-refractivity contribution in [2.24, 2.45) is 0 Å². The highest BCUT2D eigenvalue weighted by Crippen LogP contribution is 2.48. The van der Waals surface area contributed by atoms with E-state index in [2.05, 4.69) is 19.9 Å². The molecule has 8 bridgehead atoms. The maximum atomic E-state index is 13.7. The van der Waals surface area contributed by atoms with Gasteiger partial charge in [0.25, 0.3) is 0 Å². The predicted octanol–water partition coefficient (Wildman–Crippen LogP) is 14.4. The number of aromatic amines is 4. The molecule has 9 rings (SSSR count). The van der Waals surface area contributed by atoms with Crippen LogP contribution in [-0.4, -0.2) is 64.2 Å². The lowest BCUT2D eigenvalue weighted by molar-refractivity contribution is 0.0685. The average molecular weight is 1070 g/mol. The van der Waals surface area contributed by atoms with Crippen LogP contribution in [0.2, 0.25) is 40.2 Å². The van der Waals surface area contributed by atoms with Crippen LogP contribution in [0, 0.1) is 0 Å². The standard InChI is InChI=1S/C48H28Cl8N4O8/c49-17-5-1-6-18(50)33(17)37-25-13-30-42(46(63)64)39(35-21(53)9-3-10-22(35)54)27(58-30)15-32-44(48(67)68)40(36-23(55)11-4-12-24(36)56)28(60-32)16-31-43(47(65)66)38(34-19(51)7-2-8-20(34)52)26(59-31)14-29(57-25)41(37)45(61)62/h1-12,57-60H,13-16H2,(H,61,62)(H,63,64)(H,65,66)(H,67,68). The molecule has 20 heteroatoms. The third kappa shape index (κ3) is 8.02. The Balaban J connectivity index is 1.47. The van der Waals surface area contributed by atoms with E-state index in [1.54, 1.807) is 24.3 Å². The number of fused-ring (bicyclic) bond motifs is 8. The van der Waals surface area contributed by atoms with Gasteiger partial charge in [-0.2, -0.15) is 0 Å². The molecule has 0 saturated carbocycles. The number of carboxylic acid groups (broad SMARTS) is 4. The van der Waals surface area contributed by atoms with Crippen molar-refractivity contribution >= 4 is 117 Å². The largest absolute Gasteiger partial charge is 0.478 e. The summed E-state index contributed by atoms with van der Waals surface area (Å²) in [5.41, 5.74) is -0.335. The first kappa shape index (κ1) is 47.3. The van der Waals surface area contributed by atoms with Crippen LogP contribution in [-0.2, 0) is 25.7 Å². The third-order valence-electron chi connectivity index (χ3n) is 11.7. The molecular weight excluding hydrogens is 1040 g/mol. The normalized spacial score (nSPS) is 12.4. The highest BCUT2D eigenvalue weighted by Gasteiger charge is 2.36. The minimum absolute atomic E-state index is 0.00260. The number of aromatic nitrogens is 4. The van der Waals surface area contributed by atoms with Crippen LogP contribution in [0.3, 0.4) is 0 Å². The molecule has 0 fully saturated rings. The molecule has 1 aliphatic heterocycles. The summed E-state index contributed by atoms with van der Waals surface area (Å²) in [6, 6.07) is 18.3. The molecule has 4 aromatic heterocycles. The van der Waals surface area contributed by atoms with Crippen molar-refractivity contribution in [3.05, 3.63) is 181 Å². The van der Waals surface area contributed by atoms with Crippen LogP contribution < -0.4 is 0 Å². The number of benzene rings is 4. The maximum absolute atomic E-state index is 13.7. The van der Waals surface area contributed by atoms with Crippen LogP contribution in [0.15, 0.2) is 72.8 Å². The number of hydrogen-bond acceptors (Lipinski definition) is 4. The first-order valence-electron chi connectivity index (χ1n) is 20.0. The molecule has 0 atom stereocenters. The predicted molar refractivity (Wildman–Crippen MR) is 264 cm³/mol. The van der Waals surface area contributed by atoms with Crippen molar-refractivity contribution in [2.75, 3.05) is 0 Å². The molecule has 12 nitrogen and oxygen atoms in total. The molecule has 0 radical (unpaired) electrons. The molecule has 344 valence electrons.